The number of rotatable bonds is 3. The molecule has 30 heavy (non-hydrogen) atoms. The minimum atomic E-state index is -1.02. The fourth-order valence-corrected chi connectivity index (χ4v) is 5.25. The molecule has 1 heterocycles. The van der Waals surface area contributed by atoms with Gasteiger partial charge in [0.2, 0.25) is 0 Å². The Kier molecular flexibility index (Phi) is 4.74. The van der Waals surface area contributed by atoms with Gasteiger partial charge in [-0.1, -0.05) is 84.8 Å². The average molecular weight is 395 g/mol. The van der Waals surface area contributed by atoms with Gasteiger partial charge in [0.15, 0.2) is 0 Å². The molecule has 2 unspecified atom stereocenters. The molecule has 0 bridgehead atoms. The highest BCUT2D eigenvalue weighted by Gasteiger charge is 2.40. The van der Waals surface area contributed by atoms with E-state index in [1.807, 2.05) is 36.4 Å². The molecule has 0 spiro atoms. The number of quaternary nitrogens is 1. The first-order valence-corrected chi connectivity index (χ1v) is 10.9. The van der Waals surface area contributed by atoms with E-state index in [2.05, 4.69) is 61.4 Å². The van der Waals surface area contributed by atoms with Gasteiger partial charge in [-0.3, -0.25) is 0 Å². The van der Waals surface area contributed by atoms with Gasteiger partial charge in [-0.15, -0.1) is 0 Å². The van der Waals surface area contributed by atoms with Crippen molar-refractivity contribution >= 4 is 0 Å². The van der Waals surface area contributed by atoms with E-state index in [0.29, 0.717) is 12.3 Å². The molecule has 3 aromatic rings. The number of aliphatic hydroxyl groups is 1. The quantitative estimate of drug-likeness (QED) is 0.493. The normalized spacial score (nSPS) is 23.3. The van der Waals surface area contributed by atoms with Gasteiger partial charge in [0.1, 0.15) is 12.1 Å². The Hall–Kier alpha value is -2.86. The molecule has 3 aromatic carbocycles. The zero-order valence-corrected chi connectivity index (χ0v) is 17.5. The summed E-state index contributed by atoms with van der Waals surface area (Å²) in [5.41, 5.74) is 4.64. The van der Waals surface area contributed by atoms with Crippen molar-refractivity contribution in [2.75, 3.05) is 26.7 Å². The predicted molar refractivity (Wildman–Crippen MR) is 122 cm³/mol. The number of fused-ring (bicyclic) bond motifs is 3. The molecule has 5 rings (SSSR count). The number of benzene rings is 3. The monoisotopic (exact) mass is 394 g/mol. The number of hydrogen-bond donors (Lipinski definition) is 1. The smallest absolute Gasteiger partial charge is 0.140 e. The van der Waals surface area contributed by atoms with Crippen LogP contribution in [0, 0.1) is 11.8 Å². The molecular formula is C28H28NO+. The third-order valence-electron chi connectivity index (χ3n) is 6.91. The van der Waals surface area contributed by atoms with E-state index in [1.165, 1.54) is 12.0 Å². The van der Waals surface area contributed by atoms with Crippen molar-refractivity contribution in [3.8, 4) is 23.0 Å². The lowest BCUT2D eigenvalue weighted by molar-refractivity contribution is -0.891. The lowest BCUT2D eigenvalue weighted by Gasteiger charge is -2.27. The topological polar surface area (TPSA) is 20.2 Å². The molecule has 1 fully saturated rings. The number of likely N-dealkylation sites (N-methyl/N-ethyl adjacent to an activating group) is 1. The van der Waals surface area contributed by atoms with Crippen molar-refractivity contribution in [3.63, 3.8) is 0 Å². The van der Waals surface area contributed by atoms with Crippen LogP contribution < -0.4 is 0 Å². The molecule has 0 aromatic heterocycles. The van der Waals surface area contributed by atoms with Gasteiger partial charge >= 0.3 is 0 Å². The Morgan fingerprint density at radius 2 is 1.47 bits per heavy atom. The Labute approximate surface area is 179 Å². The maximum Gasteiger partial charge on any atom is 0.140 e. The Morgan fingerprint density at radius 1 is 0.867 bits per heavy atom. The summed E-state index contributed by atoms with van der Waals surface area (Å²) in [6, 6.07) is 27.2. The van der Waals surface area contributed by atoms with E-state index in [0.717, 1.165) is 46.4 Å². The first kappa shape index (κ1) is 19.1. The van der Waals surface area contributed by atoms with Crippen LogP contribution in [0.4, 0.5) is 0 Å². The summed E-state index contributed by atoms with van der Waals surface area (Å²) in [5.74, 6) is 7.38. The molecule has 0 saturated carbocycles. The zero-order chi connectivity index (χ0) is 20.6. The van der Waals surface area contributed by atoms with Crippen LogP contribution in [0.25, 0.3) is 11.1 Å². The summed E-state index contributed by atoms with van der Waals surface area (Å²) >= 11 is 0. The van der Waals surface area contributed by atoms with Crippen LogP contribution in [-0.4, -0.2) is 36.3 Å². The first-order valence-electron chi connectivity index (χ1n) is 10.9. The second kappa shape index (κ2) is 7.43. The van der Waals surface area contributed by atoms with Gasteiger partial charge < -0.3 is 9.59 Å². The van der Waals surface area contributed by atoms with Crippen molar-refractivity contribution < 1.29 is 9.59 Å². The molecule has 2 aliphatic rings. The van der Waals surface area contributed by atoms with E-state index in [-0.39, 0.29) is 0 Å². The minimum Gasteiger partial charge on any atom is -0.379 e. The zero-order valence-electron chi connectivity index (χ0n) is 17.5. The number of nitrogens with zero attached hydrogens (tertiary/aromatic N) is 1. The Balaban J connectivity index is 1.32. The second-order valence-electron chi connectivity index (χ2n) is 9.06. The molecule has 2 atom stereocenters. The van der Waals surface area contributed by atoms with E-state index >= 15 is 0 Å². The third-order valence-corrected chi connectivity index (χ3v) is 6.91. The van der Waals surface area contributed by atoms with Gasteiger partial charge in [0, 0.05) is 18.8 Å². The SMILES string of the molecule is C[N+]1(CC#CCC2(O)c3ccccc3-c3ccccc32)CCC(c2ccccc2)C1. The minimum absolute atomic E-state index is 0.434. The Morgan fingerprint density at radius 3 is 2.13 bits per heavy atom. The molecule has 1 N–H and O–H groups in total. The van der Waals surface area contributed by atoms with E-state index in [4.69, 9.17) is 0 Å². The maximum absolute atomic E-state index is 11.6. The van der Waals surface area contributed by atoms with E-state index in [1.54, 1.807) is 0 Å². The van der Waals surface area contributed by atoms with Gasteiger partial charge in [-0.2, -0.15) is 0 Å². The molecule has 1 aliphatic heterocycles. The number of hydrogen-bond acceptors (Lipinski definition) is 1. The summed E-state index contributed by atoms with van der Waals surface area (Å²) in [6.07, 6.45) is 1.65. The van der Waals surface area contributed by atoms with Crippen LogP contribution in [0.5, 0.6) is 0 Å². The highest BCUT2D eigenvalue weighted by Crippen LogP contribution is 2.48. The molecule has 1 saturated heterocycles. The largest absolute Gasteiger partial charge is 0.379 e. The second-order valence-corrected chi connectivity index (χ2v) is 9.06. The maximum atomic E-state index is 11.6. The highest BCUT2D eigenvalue weighted by molar-refractivity contribution is 5.80. The van der Waals surface area contributed by atoms with Crippen LogP contribution in [0.3, 0.4) is 0 Å². The van der Waals surface area contributed by atoms with Gasteiger partial charge in [0.25, 0.3) is 0 Å². The summed E-state index contributed by atoms with van der Waals surface area (Å²) < 4.78 is 0.984. The predicted octanol–water partition coefficient (Wildman–Crippen LogP) is 4.93. The third kappa shape index (κ3) is 3.25. The average Bonchev–Trinajstić information content (AvgIpc) is 3.30. The van der Waals surface area contributed by atoms with Gasteiger partial charge in [-0.25, -0.2) is 0 Å². The summed E-state index contributed by atoms with van der Waals surface area (Å²) in [7, 11) is 2.31. The van der Waals surface area contributed by atoms with Crippen LogP contribution in [0.1, 0.15) is 35.4 Å². The van der Waals surface area contributed by atoms with Crippen LogP contribution >= 0.6 is 0 Å². The van der Waals surface area contributed by atoms with Gasteiger partial charge in [-0.05, 0) is 33.7 Å². The van der Waals surface area contributed by atoms with Crippen molar-refractivity contribution in [1.82, 2.24) is 0 Å². The van der Waals surface area contributed by atoms with Crippen LogP contribution in [-0.2, 0) is 5.60 Å². The fourth-order valence-electron chi connectivity index (χ4n) is 5.25. The number of likely N-dealkylation sites (tertiary alicyclic amines) is 1. The first-order chi connectivity index (χ1) is 14.6. The fraction of sp³-hybridized carbons (Fsp3) is 0.286. The van der Waals surface area contributed by atoms with E-state index in [9.17, 15) is 5.11 Å². The molecule has 2 heteroatoms. The highest BCUT2D eigenvalue weighted by atomic mass is 16.3. The van der Waals surface area contributed by atoms with Crippen LogP contribution in [0.2, 0.25) is 0 Å². The van der Waals surface area contributed by atoms with Crippen molar-refractivity contribution in [2.24, 2.45) is 0 Å². The van der Waals surface area contributed by atoms with Crippen molar-refractivity contribution in [3.05, 3.63) is 95.6 Å². The summed E-state index contributed by atoms with van der Waals surface area (Å²) in [6.45, 7) is 3.13. The van der Waals surface area contributed by atoms with Crippen molar-refractivity contribution in [2.45, 2.75) is 24.4 Å². The molecule has 150 valence electrons. The molecule has 1 aliphatic carbocycles. The summed E-state index contributed by atoms with van der Waals surface area (Å²) in [4.78, 5) is 0. The Bertz CT molecular complexity index is 1080. The lowest BCUT2D eigenvalue weighted by Crippen LogP contribution is -2.41. The standard InChI is InChI=1S/C28H28NO/c1-29(20-17-23(21-29)22-11-3-2-4-12-22)19-10-9-18-28(30)26-15-7-5-13-24(26)25-14-6-8-16-27(25)28/h2-8,11-16,23,30H,17-21H2,1H3/q+1. The molecule has 2 nitrogen and oxygen atoms in total. The van der Waals surface area contributed by atoms with Crippen molar-refractivity contribution in [1.29, 1.82) is 0 Å². The van der Waals surface area contributed by atoms with E-state index < -0.39 is 5.60 Å². The molecule has 0 amide bonds. The molecular weight excluding hydrogens is 366 g/mol. The summed E-state index contributed by atoms with van der Waals surface area (Å²) in [5, 5.41) is 11.6. The molecule has 0 radical (unpaired) electrons. The van der Waals surface area contributed by atoms with Gasteiger partial charge in [0.05, 0.1) is 20.1 Å². The lowest BCUT2D eigenvalue weighted by atomic mass is 9.88. The van der Waals surface area contributed by atoms with Crippen LogP contribution in [0.15, 0.2) is 78.9 Å².